The number of hydrogen-bond donors (Lipinski definition) is 4. The van der Waals surface area contributed by atoms with Gasteiger partial charge in [0.05, 0.1) is 13.1 Å². The Morgan fingerprint density at radius 3 is 2.12 bits per heavy atom. The van der Waals surface area contributed by atoms with E-state index in [9.17, 15) is 24.0 Å². The second kappa shape index (κ2) is 13.8. The fourth-order valence-electron chi connectivity index (χ4n) is 2.57. The Morgan fingerprint density at radius 1 is 0.938 bits per heavy atom. The van der Waals surface area contributed by atoms with Crippen LogP contribution in [0.5, 0.6) is 0 Å². The topological polar surface area (TPSA) is 143 Å². The lowest BCUT2D eigenvalue weighted by Crippen LogP contribution is -2.52. The molecule has 1 rings (SSSR count). The summed E-state index contributed by atoms with van der Waals surface area (Å²) in [6, 6.07) is 5.95. The SMILES string of the molecule is CCCC(=O)OCc1ccc(NC(=O)CNC(=O)C(NC(=O)CNC(C)=O)C(C)C)cc1. The van der Waals surface area contributed by atoms with Gasteiger partial charge in [-0.05, 0) is 30.0 Å². The normalized spacial score (nSPS) is 11.3. The van der Waals surface area contributed by atoms with Gasteiger partial charge >= 0.3 is 5.97 Å². The molecule has 4 N–H and O–H groups in total. The van der Waals surface area contributed by atoms with Crippen molar-refractivity contribution < 1.29 is 28.7 Å². The first-order valence-corrected chi connectivity index (χ1v) is 10.5. The third kappa shape index (κ3) is 10.6. The summed E-state index contributed by atoms with van der Waals surface area (Å²) >= 11 is 0. The third-order valence-electron chi connectivity index (χ3n) is 4.28. The van der Waals surface area contributed by atoms with Crippen LogP contribution in [-0.2, 0) is 35.3 Å². The minimum atomic E-state index is -0.848. The Hall–Kier alpha value is -3.43. The molecule has 1 aromatic rings. The molecule has 0 heterocycles. The molecular weight excluding hydrogens is 416 g/mol. The van der Waals surface area contributed by atoms with Crippen LogP contribution in [-0.4, -0.2) is 48.7 Å². The number of esters is 1. The fraction of sp³-hybridized carbons (Fsp3) is 0.500. The summed E-state index contributed by atoms with van der Waals surface area (Å²) in [5, 5.41) is 10.1. The number of carbonyl (C=O) groups is 5. The minimum absolute atomic E-state index is 0.160. The number of anilines is 1. The van der Waals surface area contributed by atoms with E-state index in [1.807, 2.05) is 6.92 Å². The molecule has 10 nitrogen and oxygen atoms in total. The monoisotopic (exact) mass is 448 g/mol. The van der Waals surface area contributed by atoms with Gasteiger partial charge in [0.25, 0.3) is 0 Å². The van der Waals surface area contributed by atoms with Gasteiger partial charge in [-0.3, -0.25) is 24.0 Å². The van der Waals surface area contributed by atoms with Crippen molar-refractivity contribution in [3.05, 3.63) is 29.8 Å². The lowest BCUT2D eigenvalue weighted by molar-refractivity contribution is -0.145. The lowest BCUT2D eigenvalue weighted by atomic mass is 10.0. The van der Waals surface area contributed by atoms with Gasteiger partial charge in [-0.1, -0.05) is 32.9 Å². The van der Waals surface area contributed by atoms with E-state index in [-0.39, 0.29) is 37.5 Å². The van der Waals surface area contributed by atoms with E-state index in [0.717, 1.165) is 12.0 Å². The smallest absolute Gasteiger partial charge is 0.306 e. The van der Waals surface area contributed by atoms with E-state index in [1.54, 1.807) is 38.1 Å². The maximum Gasteiger partial charge on any atom is 0.306 e. The van der Waals surface area contributed by atoms with E-state index in [2.05, 4.69) is 21.3 Å². The first kappa shape index (κ1) is 26.6. The number of carbonyl (C=O) groups excluding carboxylic acids is 5. The van der Waals surface area contributed by atoms with Crippen molar-refractivity contribution in [2.75, 3.05) is 18.4 Å². The Balaban J connectivity index is 2.49. The quantitative estimate of drug-likeness (QED) is 0.349. The highest BCUT2D eigenvalue weighted by Crippen LogP contribution is 2.11. The Labute approximate surface area is 187 Å². The van der Waals surface area contributed by atoms with E-state index < -0.39 is 23.8 Å². The van der Waals surface area contributed by atoms with E-state index in [4.69, 9.17) is 4.74 Å². The summed E-state index contributed by atoms with van der Waals surface area (Å²) in [6.07, 6.45) is 1.10. The highest BCUT2D eigenvalue weighted by atomic mass is 16.5. The molecule has 32 heavy (non-hydrogen) atoms. The number of nitrogens with one attached hydrogen (secondary N) is 4. The van der Waals surface area contributed by atoms with Gasteiger partial charge in [0, 0.05) is 19.0 Å². The van der Waals surface area contributed by atoms with Crippen LogP contribution in [0, 0.1) is 5.92 Å². The van der Waals surface area contributed by atoms with E-state index in [0.29, 0.717) is 12.1 Å². The average molecular weight is 449 g/mol. The molecule has 4 amide bonds. The molecule has 0 bridgehead atoms. The lowest BCUT2D eigenvalue weighted by Gasteiger charge is -2.21. The summed E-state index contributed by atoms with van der Waals surface area (Å²) in [5.41, 5.74) is 1.31. The van der Waals surface area contributed by atoms with Crippen LogP contribution in [0.3, 0.4) is 0 Å². The first-order valence-electron chi connectivity index (χ1n) is 10.5. The molecule has 10 heteroatoms. The Bertz CT molecular complexity index is 807. The second-order valence-electron chi connectivity index (χ2n) is 7.57. The molecule has 176 valence electrons. The molecule has 0 aliphatic carbocycles. The molecule has 1 atom stereocenters. The van der Waals surface area contributed by atoms with Crippen molar-refractivity contribution >= 4 is 35.3 Å². The standard InChI is InChI=1S/C22H32N4O6/c1-5-6-20(30)32-13-16-7-9-17(10-8-16)25-18(28)12-24-22(31)21(14(2)3)26-19(29)11-23-15(4)27/h7-10,14,21H,5-6,11-13H2,1-4H3,(H,23,27)(H,24,31)(H,25,28)(H,26,29). The molecule has 1 aromatic carbocycles. The molecular formula is C22H32N4O6. The van der Waals surface area contributed by atoms with Crippen LogP contribution < -0.4 is 21.3 Å². The molecule has 1 unspecified atom stereocenters. The zero-order valence-corrected chi connectivity index (χ0v) is 18.9. The predicted molar refractivity (Wildman–Crippen MR) is 118 cm³/mol. The fourth-order valence-corrected chi connectivity index (χ4v) is 2.57. The molecule has 0 fully saturated rings. The number of ether oxygens (including phenoxy) is 1. The van der Waals surface area contributed by atoms with Crippen LogP contribution >= 0.6 is 0 Å². The average Bonchev–Trinajstić information content (AvgIpc) is 2.74. The van der Waals surface area contributed by atoms with Gasteiger partial charge in [-0.15, -0.1) is 0 Å². The highest BCUT2D eigenvalue weighted by Gasteiger charge is 2.24. The van der Waals surface area contributed by atoms with Gasteiger partial charge < -0.3 is 26.0 Å². The molecule has 0 spiro atoms. The zero-order valence-electron chi connectivity index (χ0n) is 18.9. The van der Waals surface area contributed by atoms with Gasteiger partial charge in [0.15, 0.2) is 0 Å². The number of benzene rings is 1. The number of rotatable bonds is 12. The summed E-state index contributed by atoms with van der Waals surface area (Å²) in [4.78, 5) is 58.7. The largest absolute Gasteiger partial charge is 0.461 e. The highest BCUT2D eigenvalue weighted by molar-refractivity contribution is 5.96. The Kier molecular flexibility index (Phi) is 11.5. The maximum absolute atomic E-state index is 12.4. The minimum Gasteiger partial charge on any atom is -0.461 e. The van der Waals surface area contributed by atoms with Gasteiger partial charge in [0.2, 0.25) is 23.6 Å². The van der Waals surface area contributed by atoms with Crippen LogP contribution in [0.4, 0.5) is 5.69 Å². The van der Waals surface area contributed by atoms with Crippen molar-refractivity contribution in [1.29, 1.82) is 0 Å². The third-order valence-corrected chi connectivity index (χ3v) is 4.28. The first-order chi connectivity index (χ1) is 15.1. The van der Waals surface area contributed by atoms with Crippen LogP contribution in [0.25, 0.3) is 0 Å². The molecule has 0 aliphatic rings. The zero-order chi connectivity index (χ0) is 24.1. The second-order valence-corrected chi connectivity index (χ2v) is 7.57. The molecule has 0 saturated heterocycles. The number of hydrogen-bond acceptors (Lipinski definition) is 6. The van der Waals surface area contributed by atoms with Crippen LogP contribution in [0.2, 0.25) is 0 Å². The summed E-state index contributed by atoms with van der Waals surface area (Å²) in [7, 11) is 0. The summed E-state index contributed by atoms with van der Waals surface area (Å²) in [6.45, 7) is 6.34. The Morgan fingerprint density at radius 2 is 1.56 bits per heavy atom. The van der Waals surface area contributed by atoms with Crippen LogP contribution in [0.15, 0.2) is 24.3 Å². The van der Waals surface area contributed by atoms with Crippen LogP contribution in [0.1, 0.15) is 46.1 Å². The van der Waals surface area contributed by atoms with E-state index >= 15 is 0 Å². The van der Waals surface area contributed by atoms with Crippen molar-refractivity contribution in [1.82, 2.24) is 16.0 Å². The molecule has 0 saturated carbocycles. The number of amides is 4. The summed E-state index contributed by atoms with van der Waals surface area (Å²) < 4.78 is 5.13. The van der Waals surface area contributed by atoms with Crippen molar-refractivity contribution in [3.63, 3.8) is 0 Å². The van der Waals surface area contributed by atoms with Crippen molar-refractivity contribution in [3.8, 4) is 0 Å². The molecule has 0 radical (unpaired) electrons. The van der Waals surface area contributed by atoms with Gasteiger partial charge in [-0.2, -0.15) is 0 Å². The van der Waals surface area contributed by atoms with Crippen molar-refractivity contribution in [2.45, 2.75) is 53.2 Å². The molecule has 0 aliphatic heterocycles. The van der Waals surface area contributed by atoms with E-state index in [1.165, 1.54) is 6.92 Å². The van der Waals surface area contributed by atoms with Gasteiger partial charge in [-0.25, -0.2) is 0 Å². The molecule has 0 aromatic heterocycles. The van der Waals surface area contributed by atoms with Gasteiger partial charge in [0.1, 0.15) is 12.6 Å². The van der Waals surface area contributed by atoms with Crippen molar-refractivity contribution in [2.24, 2.45) is 5.92 Å². The maximum atomic E-state index is 12.4. The predicted octanol–water partition coefficient (Wildman–Crippen LogP) is 0.862. The summed E-state index contributed by atoms with van der Waals surface area (Å²) in [5.74, 6) is -2.28.